The van der Waals surface area contributed by atoms with Gasteiger partial charge in [0.1, 0.15) is 12.3 Å². The molecule has 0 saturated heterocycles. The number of aryl methyl sites for hydroxylation is 1. The number of amides is 1. The van der Waals surface area contributed by atoms with Gasteiger partial charge < -0.3 is 10.1 Å². The smallest absolute Gasteiger partial charge is 0.275 e. The largest absolute Gasteiger partial charge is 0.494 e. The number of hydrogen-bond acceptors (Lipinski definition) is 4. The van der Waals surface area contributed by atoms with Crippen LogP contribution in [0.15, 0.2) is 53.3 Å². The minimum atomic E-state index is -0.270. The second-order valence-corrected chi connectivity index (χ2v) is 6.39. The number of nitrogens with zero attached hydrogens (tertiary/aromatic N) is 2. The first-order valence-corrected chi connectivity index (χ1v) is 8.98. The number of ether oxygens (including phenoxy) is 1. The molecule has 1 amide bonds. The Kier molecular flexibility index (Phi) is 5.54. The van der Waals surface area contributed by atoms with E-state index in [1.54, 1.807) is 12.1 Å². The number of hydrogen-bond donors (Lipinski definition) is 1. The van der Waals surface area contributed by atoms with Gasteiger partial charge in [-0.25, -0.2) is 4.68 Å². The average molecular weight is 365 g/mol. The van der Waals surface area contributed by atoms with E-state index in [-0.39, 0.29) is 24.1 Å². The van der Waals surface area contributed by atoms with Crippen molar-refractivity contribution >= 4 is 16.7 Å². The quantitative estimate of drug-likeness (QED) is 0.729. The highest BCUT2D eigenvalue weighted by Gasteiger charge is 2.14. The molecule has 0 fully saturated rings. The van der Waals surface area contributed by atoms with Gasteiger partial charge >= 0.3 is 0 Å². The number of nitrogens with one attached hydrogen (secondary N) is 1. The second-order valence-electron chi connectivity index (χ2n) is 6.39. The number of carbonyl (C=O) groups excluding carboxylic acids is 1. The van der Waals surface area contributed by atoms with Crippen molar-refractivity contribution in [3.8, 4) is 5.75 Å². The van der Waals surface area contributed by atoms with Crippen molar-refractivity contribution in [2.45, 2.75) is 33.4 Å². The van der Waals surface area contributed by atoms with Gasteiger partial charge in [0.2, 0.25) is 5.91 Å². The van der Waals surface area contributed by atoms with Gasteiger partial charge in [-0.2, -0.15) is 5.10 Å². The summed E-state index contributed by atoms with van der Waals surface area (Å²) in [6.07, 6.45) is 0. The zero-order valence-corrected chi connectivity index (χ0v) is 15.7. The van der Waals surface area contributed by atoms with Crippen molar-refractivity contribution in [3.63, 3.8) is 0 Å². The first-order valence-electron chi connectivity index (χ1n) is 8.98. The lowest BCUT2D eigenvalue weighted by Crippen LogP contribution is -2.35. The van der Waals surface area contributed by atoms with E-state index in [4.69, 9.17) is 4.74 Å². The summed E-state index contributed by atoms with van der Waals surface area (Å²) >= 11 is 0. The van der Waals surface area contributed by atoms with Crippen LogP contribution in [0.25, 0.3) is 10.8 Å². The third kappa shape index (κ3) is 4.16. The van der Waals surface area contributed by atoms with E-state index in [1.807, 2.05) is 57.2 Å². The summed E-state index contributed by atoms with van der Waals surface area (Å²) in [6, 6.07) is 14.7. The molecule has 6 nitrogen and oxygen atoms in total. The molecule has 1 atom stereocenters. The SMILES string of the molecule is CCOc1cccc([C@H](C)NC(=O)Cn2nc(C)c3ccccc3c2=O)c1. The number of aromatic nitrogens is 2. The molecule has 2 aromatic carbocycles. The lowest BCUT2D eigenvalue weighted by atomic mass is 10.1. The fourth-order valence-electron chi connectivity index (χ4n) is 3.06. The molecule has 0 radical (unpaired) electrons. The molecule has 1 N–H and O–H groups in total. The molecule has 0 aliphatic carbocycles. The van der Waals surface area contributed by atoms with Crippen LogP contribution in [0.5, 0.6) is 5.75 Å². The minimum Gasteiger partial charge on any atom is -0.494 e. The van der Waals surface area contributed by atoms with Crippen molar-refractivity contribution in [1.29, 1.82) is 0 Å². The van der Waals surface area contributed by atoms with Gasteiger partial charge in [0.15, 0.2) is 0 Å². The molecule has 0 aliphatic rings. The van der Waals surface area contributed by atoms with E-state index in [2.05, 4.69) is 10.4 Å². The zero-order chi connectivity index (χ0) is 19.4. The maximum atomic E-state index is 12.6. The van der Waals surface area contributed by atoms with Crippen LogP contribution >= 0.6 is 0 Å². The van der Waals surface area contributed by atoms with Crippen LogP contribution < -0.4 is 15.6 Å². The van der Waals surface area contributed by atoms with Gasteiger partial charge in [0.25, 0.3) is 5.56 Å². The highest BCUT2D eigenvalue weighted by Crippen LogP contribution is 2.19. The first-order chi connectivity index (χ1) is 13.0. The Morgan fingerprint density at radius 1 is 1.19 bits per heavy atom. The van der Waals surface area contributed by atoms with E-state index in [0.717, 1.165) is 22.4 Å². The predicted molar refractivity (Wildman–Crippen MR) is 105 cm³/mol. The number of rotatable bonds is 6. The molecule has 140 valence electrons. The highest BCUT2D eigenvalue weighted by molar-refractivity contribution is 5.83. The fourth-order valence-corrected chi connectivity index (χ4v) is 3.06. The second kappa shape index (κ2) is 8.03. The van der Waals surface area contributed by atoms with E-state index >= 15 is 0 Å². The van der Waals surface area contributed by atoms with Crippen LogP contribution in [-0.2, 0) is 11.3 Å². The molecule has 27 heavy (non-hydrogen) atoms. The predicted octanol–water partition coefficient (Wildman–Crippen LogP) is 2.98. The molecule has 0 saturated carbocycles. The monoisotopic (exact) mass is 365 g/mol. The van der Waals surface area contributed by atoms with Crippen LogP contribution in [0.1, 0.15) is 31.1 Å². The van der Waals surface area contributed by atoms with E-state index < -0.39 is 0 Å². The maximum Gasteiger partial charge on any atom is 0.275 e. The Morgan fingerprint density at radius 2 is 1.93 bits per heavy atom. The van der Waals surface area contributed by atoms with Crippen molar-refractivity contribution < 1.29 is 9.53 Å². The normalized spacial score (nSPS) is 12.0. The van der Waals surface area contributed by atoms with Crippen LogP contribution in [0, 0.1) is 6.92 Å². The van der Waals surface area contributed by atoms with E-state index in [9.17, 15) is 9.59 Å². The number of carbonyl (C=O) groups is 1. The van der Waals surface area contributed by atoms with Gasteiger partial charge in [-0.05, 0) is 44.5 Å². The average Bonchev–Trinajstić information content (AvgIpc) is 2.66. The molecule has 0 bridgehead atoms. The van der Waals surface area contributed by atoms with Gasteiger partial charge in [-0.3, -0.25) is 9.59 Å². The molecule has 3 rings (SSSR count). The standard InChI is InChI=1S/C21H23N3O3/c1-4-27-17-9-7-8-16(12-17)14(2)22-20(25)13-24-21(26)19-11-6-5-10-18(19)15(3)23-24/h5-12,14H,4,13H2,1-3H3,(H,22,25)/t14-/m0/s1. The Balaban J connectivity index is 1.76. The Hall–Kier alpha value is -3.15. The molecule has 0 aliphatic heterocycles. The molecular weight excluding hydrogens is 342 g/mol. The molecular formula is C21H23N3O3. The molecule has 0 unspecified atom stereocenters. The molecule has 1 aromatic heterocycles. The summed E-state index contributed by atoms with van der Waals surface area (Å²) in [5.74, 6) is 0.493. The summed E-state index contributed by atoms with van der Waals surface area (Å²) in [5.41, 5.74) is 1.39. The van der Waals surface area contributed by atoms with Crippen LogP contribution in [0.4, 0.5) is 0 Å². The molecule has 1 heterocycles. The Morgan fingerprint density at radius 3 is 2.67 bits per heavy atom. The minimum absolute atomic E-state index is 0.125. The summed E-state index contributed by atoms with van der Waals surface area (Å²) in [4.78, 5) is 25.1. The number of benzene rings is 2. The van der Waals surface area contributed by atoms with Crippen molar-refractivity contribution in [1.82, 2.24) is 15.1 Å². The van der Waals surface area contributed by atoms with E-state index in [0.29, 0.717) is 12.0 Å². The lowest BCUT2D eigenvalue weighted by Gasteiger charge is -2.16. The fraction of sp³-hybridized carbons (Fsp3) is 0.286. The topological polar surface area (TPSA) is 73.2 Å². The Bertz CT molecular complexity index is 1030. The van der Waals surface area contributed by atoms with E-state index in [1.165, 1.54) is 4.68 Å². The molecule has 6 heteroatoms. The first kappa shape index (κ1) is 18.6. The lowest BCUT2D eigenvalue weighted by molar-refractivity contribution is -0.122. The third-order valence-electron chi connectivity index (χ3n) is 4.39. The summed E-state index contributed by atoms with van der Waals surface area (Å²) in [6.45, 7) is 6.11. The number of fused-ring (bicyclic) bond motifs is 1. The van der Waals surface area contributed by atoms with Crippen LogP contribution in [0.2, 0.25) is 0 Å². The van der Waals surface area contributed by atoms with Gasteiger partial charge in [0, 0.05) is 5.39 Å². The summed E-state index contributed by atoms with van der Waals surface area (Å²) in [5, 5.41) is 8.57. The summed E-state index contributed by atoms with van der Waals surface area (Å²) < 4.78 is 6.72. The molecule has 0 spiro atoms. The van der Waals surface area contributed by atoms with Gasteiger partial charge in [-0.1, -0.05) is 30.3 Å². The van der Waals surface area contributed by atoms with Crippen molar-refractivity contribution in [2.24, 2.45) is 0 Å². The third-order valence-corrected chi connectivity index (χ3v) is 4.39. The zero-order valence-electron chi connectivity index (χ0n) is 15.7. The molecule has 3 aromatic rings. The van der Waals surface area contributed by atoms with Crippen molar-refractivity contribution in [3.05, 3.63) is 70.1 Å². The van der Waals surface area contributed by atoms with Crippen molar-refractivity contribution in [2.75, 3.05) is 6.61 Å². The van der Waals surface area contributed by atoms with Gasteiger partial charge in [0.05, 0.1) is 23.7 Å². The van der Waals surface area contributed by atoms with Gasteiger partial charge in [-0.15, -0.1) is 0 Å². The van der Waals surface area contributed by atoms with Crippen LogP contribution in [-0.4, -0.2) is 22.3 Å². The van der Waals surface area contributed by atoms with Crippen LogP contribution in [0.3, 0.4) is 0 Å². The summed E-state index contributed by atoms with van der Waals surface area (Å²) in [7, 11) is 0. The Labute approximate surface area is 157 Å². The maximum absolute atomic E-state index is 12.6. The highest BCUT2D eigenvalue weighted by atomic mass is 16.5.